The van der Waals surface area contributed by atoms with E-state index < -0.39 is 0 Å². The Morgan fingerprint density at radius 1 is 0.893 bits per heavy atom. The molecule has 0 spiro atoms. The first-order chi connectivity index (χ1) is 13.7. The third-order valence-electron chi connectivity index (χ3n) is 5.85. The van der Waals surface area contributed by atoms with Crippen LogP contribution in [0.3, 0.4) is 0 Å². The van der Waals surface area contributed by atoms with Gasteiger partial charge in [-0.3, -0.25) is 0 Å². The van der Waals surface area contributed by atoms with E-state index in [0.29, 0.717) is 12.4 Å². The molecule has 0 fully saturated rings. The average molecular weight is 373 g/mol. The van der Waals surface area contributed by atoms with E-state index >= 15 is 0 Å². The first-order valence-electron chi connectivity index (χ1n) is 9.99. The molecule has 1 heterocycles. The Bertz CT molecular complexity index is 869. The molecule has 3 heteroatoms. The number of para-hydroxylation sites is 1. The first-order valence-corrected chi connectivity index (χ1v) is 9.99. The normalized spacial score (nSPS) is 13.7. The quantitative estimate of drug-likeness (QED) is 0.630. The minimum atomic E-state index is -0.0313. The van der Waals surface area contributed by atoms with Crippen molar-refractivity contribution in [1.29, 1.82) is 0 Å². The number of anilines is 1. The fourth-order valence-corrected chi connectivity index (χ4v) is 4.21. The molecule has 1 aliphatic heterocycles. The predicted molar refractivity (Wildman–Crippen MR) is 114 cm³/mol. The van der Waals surface area contributed by atoms with Gasteiger partial charge < -0.3 is 14.7 Å². The maximum Gasteiger partial charge on any atom is 0.184 e. The van der Waals surface area contributed by atoms with Crippen molar-refractivity contribution in [3.63, 3.8) is 0 Å². The van der Waals surface area contributed by atoms with Crippen molar-refractivity contribution >= 4 is 5.69 Å². The summed E-state index contributed by atoms with van der Waals surface area (Å²) in [7, 11) is 0. The van der Waals surface area contributed by atoms with Gasteiger partial charge in [0.2, 0.25) is 0 Å². The summed E-state index contributed by atoms with van der Waals surface area (Å²) < 4.78 is 5.68. The maximum atomic E-state index is 10.1. The standard InChI is InChI=1S/C25H27NO2/c1-25(20-10-4-2-5-11-20,21-12-6-3-7-13-21)16-9-17-26-18-19-28-24-22(26)14-8-15-23(24)27/h2-8,10-15,27H,9,16-19H2,1H3. The van der Waals surface area contributed by atoms with Crippen LogP contribution >= 0.6 is 0 Å². The van der Waals surface area contributed by atoms with Gasteiger partial charge in [0.05, 0.1) is 12.2 Å². The Kier molecular flexibility index (Phi) is 5.25. The van der Waals surface area contributed by atoms with Crippen LogP contribution in [0.5, 0.6) is 11.5 Å². The highest BCUT2D eigenvalue weighted by atomic mass is 16.5. The molecular weight excluding hydrogens is 346 g/mol. The largest absolute Gasteiger partial charge is 0.504 e. The summed E-state index contributed by atoms with van der Waals surface area (Å²) >= 11 is 0. The molecule has 0 bridgehead atoms. The molecule has 3 aromatic carbocycles. The number of benzene rings is 3. The lowest BCUT2D eigenvalue weighted by molar-refractivity contribution is 0.289. The van der Waals surface area contributed by atoms with Crippen molar-refractivity contribution in [2.24, 2.45) is 0 Å². The van der Waals surface area contributed by atoms with Gasteiger partial charge in [0.1, 0.15) is 6.61 Å². The van der Waals surface area contributed by atoms with Crippen LogP contribution in [0.2, 0.25) is 0 Å². The second kappa shape index (κ2) is 7.97. The van der Waals surface area contributed by atoms with Crippen LogP contribution in [-0.4, -0.2) is 24.8 Å². The summed E-state index contributed by atoms with van der Waals surface area (Å²) in [4.78, 5) is 2.33. The highest BCUT2D eigenvalue weighted by Crippen LogP contribution is 2.40. The molecule has 4 rings (SSSR count). The zero-order valence-corrected chi connectivity index (χ0v) is 16.3. The smallest absolute Gasteiger partial charge is 0.184 e. The topological polar surface area (TPSA) is 32.7 Å². The summed E-state index contributed by atoms with van der Waals surface area (Å²) in [6, 6.07) is 27.2. The van der Waals surface area contributed by atoms with E-state index in [-0.39, 0.29) is 11.2 Å². The molecule has 0 aliphatic carbocycles. The Hall–Kier alpha value is -2.94. The molecule has 3 aromatic rings. The fraction of sp³-hybridized carbons (Fsp3) is 0.280. The zero-order chi connectivity index (χ0) is 19.4. The molecule has 0 aromatic heterocycles. The van der Waals surface area contributed by atoms with Crippen LogP contribution in [0, 0.1) is 0 Å². The van der Waals surface area contributed by atoms with Crippen molar-refractivity contribution in [1.82, 2.24) is 0 Å². The number of phenolic OH excluding ortho intramolecular Hbond substituents is 1. The molecule has 0 saturated heterocycles. The Morgan fingerprint density at radius 3 is 2.18 bits per heavy atom. The van der Waals surface area contributed by atoms with Gasteiger partial charge in [-0.05, 0) is 36.1 Å². The predicted octanol–water partition coefficient (Wildman–Crippen LogP) is 5.38. The summed E-state index contributed by atoms with van der Waals surface area (Å²) in [6.07, 6.45) is 2.10. The minimum Gasteiger partial charge on any atom is -0.504 e. The highest BCUT2D eigenvalue weighted by Gasteiger charge is 2.29. The second-order valence-corrected chi connectivity index (χ2v) is 7.63. The van der Waals surface area contributed by atoms with E-state index in [9.17, 15) is 5.11 Å². The molecule has 0 radical (unpaired) electrons. The van der Waals surface area contributed by atoms with Crippen LogP contribution in [0.1, 0.15) is 30.9 Å². The van der Waals surface area contributed by atoms with Crippen molar-refractivity contribution < 1.29 is 9.84 Å². The van der Waals surface area contributed by atoms with Crippen LogP contribution < -0.4 is 9.64 Å². The Morgan fingerprint density at radius 2 is 1.54 bits per heavy atom. The molecule has 0 amide bonds. The van der Waals surface area contributed by atoms with E-state index in [1.54, 1.807) is 6.07 Å². The van der Waals surface area contributed by atoms with Crippen LogP contribution in [0.4, 0.5) is 5.69 Å². The number of fused-ring (bicyclic) bond motifs is 1. The number of rotatable bonds is 6. The van der Waals surface area contributed by atoms with E-state index in [1.807, 2.05) is 12.1 Å². The van der Waals surface area contributed by atoms with Crippen molar-refractivity contribution in [2.45, 2.75) is 25.2 Å². The van der Waals surface area contributed by atoms with Crippen LogP contribution in [-0.2, 0) is 5.41 Å². The zero-order valence-electron chi connectivity index (χ0n) is 16.3. The summed E-state index contributed by atoms with van der Waals surface area (Å²) in [5, 5.41) is 10.1. The molecule has 0 atom stereocenters. The number of aromatic hydroxyl groups is 1. The third kappa shape index (κ3) is 3.57. The molecule has 3 nitrogen and oxygen atoms in total. The maximum absolute atomic E-state index is 10.1. The number of phenols is 1. The third-order valence-corrected chi connectivity index (χ3v) is 5.85. The van der Waals surface area contributed by atoms with Gasteiger partial charge in [-0.1, -0.05) is 73.7 Å². The van der Waals surface area contributed by atoms with Gasteiger partial charge in [-0.15, -0.1) is 0 Å². The summed E-state index contributed by atoms with van der Waals surface area (Å²) in [5.41, 5.74) is 3.66. The number of nitrogens with zero attached hydrogens (tertiary/aromatic N) is 1. The van der Waals surface area contributed by atoms with Gasteiger partial charge in [-0.25, -0.2) is 0 Å². The molecule has 0 saturated carbocycles. The van der Waals surface area contributed by atoms with E-state index in [1.165, 1.54) is 11.1 Å². The number of hydrogen-bond acceptors (Lipinski definition) is 3. The van der Waals surface area contributed by atoms with Crippen molar-refractivity contribution in [3.8, 4) is 11.5 Å². The molecule has 28 heavy (non-hydrogen) atoms. The molecule has 1 aliphatic rings. The van der Waals surface area contributed by atoms with E-state index in [2.05, 4.69) is 72.5 Å². The SMILES string of the molecule is CC(CCCN1CCOc2c(O)cccc21)(c1ccccc1)c1ccccc1. The second-order valence-electron chi connectivity index (χ2n) is 7.63. The average Bonchev–Trinajstić information content (AvgIpc) is 2.75. The van der Waals surface area contributed by atoms with Crippen molar-refractivity contribution in [2.75, 3.05) is 24.6 Å². The van der Waals surface area contributed by atoms with Gasteiger partial charge in [0.25, 0.3) is 0 Å². The molecule has 144 valence electrons. The van der Waals surface area contributed by atoms with E-state index in [4.69, 9.17) is 4.74 Å². The Labute approximate surface area is 167 Å². The Balaban J connectivity index is 1.53. The van der Waals surface area contributed by atoms with Crippen molar-refractivity contribution in [3.05, 3.63) is 90.0 Å². The lowest BCUT2D eigenvalue weighted by Crippen LogP contribution is -2.34. The first kappa shape index (κ1) is 18.4. The number of ether oxygens (including phenoxy) is 1. The summed E-state index contributed by atoms with van der Waals surface area (Å²) in [5.74, 6) is 0.836. The fourth-order valence-electron chi connectivity index (χ4n) is 4.21. The van der Waals surface area contributed by atoms with Crippen LogP contribution in [0.25, 0.3) is 0 Å². The molecular formula is C25H27NO2. The highest BCUT2D eigenvalue weighted by molar-refractivity contribution is 5.65. The van der Waals surface area contributed by atoms with Gasteiger partial charge in [0, 0.05) is 12.0 Å². The van der Waals surface area contributed by atoms with Gasteiger partial charge in [-0.2, -0.15) is 0 Å². The minimum absolute atomic E-state index is 0.0313. The lowest BCUT2D eigenvalue weighted by Gasteiger charge is -2.34. The molecule has 1 N–H and O–H groups in total. The lowest BCUT2D eigenvalue weighted by atomic mass is 9.73. The molecule has 0 unspecified atom stereocenters. The van der Waals surface area contributed by atoms with Gasteiger partial charge >= 0.3 is 0 Å². The monoisotopic (exact) mass is 373 g/mol. The van der Waals surface area contributed by atoms with Gasteiger partial charge in [0.15, 0.2) is 11.5 Å². The number of hydrogen-bond donors (Lipinski definition) is 1. The summed E-state index contributed by atoms with van der Waals surface area (Å²) in [6.45, 7) is 4.74. The van der Waals surface area contributed by atoms with E-state index in [0.717, 1.165) is 31.6 Å². The van der Waals surface area contributed by atoms with Crippen LogP contribution in [0.15, 0.2) is 78.9 Å².